The summed E-state index contributed by atoms with van der Waals surface area (Å²) in [6.45, 7) is 5.71. The number of rotatable bonds is 6. The van der Waals surface area contributed by atoms with Gasteiger partial charge in [-0.1, -0.05) is 30.7 Å². The number of hydrogen-bond donors (Lipinski definition) is 1. The van der Waals surface area contributed by atoms with E-state index in [0.717, 1.165) is 22.9 Å². The van der Waals surface area contributed by atoms with E-state index in [1.807, 2.05) is 29.6 Å². The Morgan fingerprint density at radius 1 is 1.37 bits per heavy atom. The zero-order valence-electron chi connectivity index (χ0n) is 11.2. The van der Waals surface area contributed by atoms with Crippen LogP contribution in [0.4, 0.5) is 0 Å². The molecule has 1 heterocycles. The quantitative estimate of drug-likeness (QED) is 0.837. The highest BCUT2D eigenvalue weighted by Crippen LogP contribution is 2.27. The molecular weight excluding hydrogens is 278 g/mol. The molecule has 1 N–H and O–H groups in total. The molecule has 0 fully saturated rings. The molecule has 0 aliphatic heterocycles. The van der Waals surface area contributed by atoms with Gasteiger partial charge in [-0.3, -0.25) is 0 Å². The summed E-state index contributed by atoms with van der Waals surface area (Å²) in [7, 11) is 0. The van der Waals surface area contributed by atoms with Crippen molar-refractivity contribution in [2.45, 2.75) is 26.5 Å². The van der Waals surface area contributed by atoms with Crippen LogP contribution >= 0.6 is 22.9 Å². The normalized spacial score (nSPS) is 12.4. The Morgan fingerprint density at radius 3 is 2.84 bits per heavy atom. The van der Waals surface area contributed by atoms with Gasteiger partial charge in [-0.2, -0.15) is 0 Å². The third kappa shape index (κ3) is 3.96. The second-order valence-electron chi connectivity index (χ2n) is 4.33. The molecule has 1 atom stereocenters. The Hall–Kier alpha value is -1.03. The van der Waals surface area contributed by atoms with Crippen LogP contribution in [0.1, 0.15) is 30.3 Å². The lowest BCUT2D eigenvalue weighted by molar-refractivity contribution is 0.309. The van der Waals surface area contributed by atoms with E-state index in [9.17, 15) is 0 Å². The molecule has 1 unspecified atom stereocenters. The van der Waals surface area contributed by atoms with Crippen LogP contribution in [-0.2, 0) is 6.61 Å². The maximum absolute atomic E-state index is 6.30. The van der Waals surface area contributed by atoms with Gasteiger partial charge in [-0.15, -0.1) is 11.3 Å². The number of benzene rings is 1. The first kappa shape index (κ1) is 14.4. The second-order valence-corrected chi connectivity index (χ2v) is 5.77. The molecular formula is C15H18ClNOS. The lowest BCUT2D eigenvalue weighted by Gasteiger charge is -2.15. The average molecular weight is 296 g/mol. The van der Waals surface area contributed by atoms with Crippen molar-refractivity contribution in [3.8, 4) is 5.75 Å². The van der Waals surface area contributed by atoms with E-state index in [1.54, 1.807) is 11.3 Å². The molecule has 0 radical (unpaired) electrons. The fourth-order valence-electron chi connectivity index (χ4n) is 1.91. The fraction of sp³-hybridized carbons (Fsp3) is 0.333. The zero-order valence-corrected chi connectivity index (χ0v) is 12.7. The molecule has 102 valence electrons. The van der Waals surface area contributed by atoms with Gasteiger partial charge in [0.05, 0.1) is 0 Å². The Balaban J connectivity index is 2.02. The molecule has 2 aromatic rings. The third-order valence-corrected chi connectivity index (χ3v) is 4.09. The number of thiophene rings is 1. The summed E-state index contributed by atoms with van der Waals surface area (Å²) in [6, 6.07) is 10.2. The number of hydrogen-bond acceptors (Lipinski definition) is 3. The van der Waals surface area contributed by atoms with Crippen LogP contribution in [0.3, 0.4) is 0 Å². The lowest BCUT2D eigenvalue weighted by Crippen LogP contribution is -2.17. The highest BCUT2D eigenvalue weighted by atomic mass is 35.5. The molecule has 19 heavy (non-hydrogen) atoms. The first-order valence-corrected chi connectivity index (χ1v) is 7.64. The van der Waals surface area contributed by atoms with Crippen molar-refractivity contribution in [2.75, 3.05) is 6.54 Å². The van der Waals surface area contributed by atoms with E-state index in [2.05, 4.69) is 25.2 Å². The van der Waals surface area contributed by atoms with Crippen molar-refractivity contribution < 1.29 is 4.74 Å². The van der Waals surface area contributed by atoms with Crippen molar-refractivity contribution >= 4 is 22.9 Å². The Bertz CT molecular complexity index is 513. The van der Waals surface area contributed by atoms with Gasteiger partial charge in [0.1, 0.15) is 12.4 Å². The number of nitrogens with one attached hydrogen (secondary N) is 1. The molecule has 0 saturated carbocycles. The Morgan fingerprint density at radius 2 is 2.21 bits per heavy atom. The predicted octanol–water partition coefficient (Wildman–Crippen LogP) is 4.65. The van der Waals surface area contributed by atoms with E-state index in [4.69, 9.17) is 16.3 Å². The van der Waals surface area contributed by atoms with Gasteiger partial charge in [0.2, 0.25) is 0 Å². The van der Waals surface area contributed by atoms with Crippen molar-refractivity contribution in [1.82, 2.24) is 5.32 Å². The fourth-order valence-corrected chi connectivity index (χ4v) is 2.86. The van der Waals surface area contributed by atoms with E-state index in [-0.39, 0.29) is 6.04 Å². The smallest absolute Gasteiger partial charge is 0.122 e. The summed E-state index contributed by atoms with van der Waals surface area (Å²) < 4.78 is 5.73. The van der Waals surface area contributed by atoms with E-state index in [0.29, 0.717) is 6.61 Å². The van der Waals surface area contributed by atoms with Crippen LogP contribution in [0.25, 0.3) is 0 Å². The van der Waals surface area contributed by atoms with Gasteiger partial charge < -0.3 is 10.1 Å². The molecule has 2 rings (SSSR count). The van der Waals surface area contributed by atoms with E-state index < -0.39 is 0 Å². The molecule has 0 aliphatic carbocycles. The summed E-state index contributed by atoms with van der Waals surface area (Å²) in [5.74, 6) is 0.811. The highest BCUT2D eigenvalue weighted by molar-refractivity contribution is 7.09. The summed E-state index contributed by atoms with van der Waals surface area (Å²) in [5.41, 5.74) is 1.10. The van der Waals surface area contributed by atoms with E-state index in [1.165, 1.54) is 4.88 Å². The van der Waals surface area contributed by atoms with Crippen LogP contribution in [-0.4, -0.2) is 6.54 Å². The minimum Gasteiger partial charge on any atom is -0.488 e. The third-order valence-electron chi connectivity index (χ3n) is 2.91. The van der Waals surface area contributed by atoms with Crippen molar-refractivity contribution in [2.24, 2.45) is 0 Å². The molecule has 0 aliphatic rings. The van der Waals surface area contributed by atoms with Gasteiger partial charge in [0.15, 0.2) is 0 Å². The van der Waals surface area contributed by atoms with Crippen LogP contribution in [0.5, 0.6) is 5.75 Å². The van der Waals surface area contributed by atoms with Gasteiger partial charge in [-0.05, 0) is 42.6 Å². The summed E-state index contributed by atoms with van der Waals surface area (Å²) in [4.78, 5) is 1.21. The minimum absolute atomic E-state index is 0.254. The van der Waals surface area contributed by atoms with Gasteiger partial charge in [0.25, 0.3) is 0 Å². The standard InChI is InChI=1S/C15H18ClNOS/c1-3-17-11(2)14-7-6-12(9-15(14)16)18-10-13-5-4-8-19-13/h4-9,11,17H,3,10H2,1-2H3. The maximum atomic E-state index is 6.30. The van der Waals surface area contributed by atoms with Crippen molar-refractivity contribution in [3.63, 3.8) is 0 Å². The monoisotopic (exact) mass is 295 g/mol. The van der Waals surface area contributed by atoms with Gasteiger partial charge in [0, 0.05) is 15.9 Å². The SMILES string of the molecule is CCNC(C)c1ccc(OCc2cccs2)cc1Cl. The molecule has 1 aromatic carbocycles. The Labute approximate surface area is 123 Å². The second kappa shape index (κ2) is 6.94. The van der Waals surface area contributed by atoms with Crippen LogP contribution in [0.2, 0.25) is 5.02 Å². The summed E-state index contributed by atoms with van der Waals surface area (Å²) in [5, 5.41) is 6.15. The highest BCUT2D eigenvalue weighted by Gasteiger charge is 2.09. The zero-order chi connectivity index (χ0) is 13.7. The van der Waals surface area contributed by atoms with Gasteiger partial charge in [-0.25, -0.2) is 0 Å². The predicted molar refractivity (Wildman–Crippen MR) is 82.2 cm³/mol. The number of ether oxygens (including phenoxy) is 1. The molecule has 4 heteroatoms. The van der Waals surface area contributed by atoms with Crippen molar-refractivity contribution in [1.29, 1.82) is 0 Å². The van der Waals surface area contributed by atoms with Crippen LogP contribution < -0.4 is 10.1 Å². The van der Waals surface area contributed by atoms with E-state index >= 15 is 0 Å². The molecule has 0 spiro atoms. The summed E-state index contributed by atoms with van der Waals surface area (Å²) >= 11 is 8.00. The van der Waals surface area contributed by atoms with Crippen LogP contribution in [0, 0.1) is 0 Å². The first-order chi connectivity index (χ1) is 9.20. The van der Waals surface area contributed by atoms with Crippen molar-refractivity contribution in [3.05, 3.63) is 51.2 Å². The Kier molecular flexibility index (Phi) is 5.25. The van der Waals surface area contributed by atoms with Gasteiger partial charge >= 0.3 is 0 Å². The minimum atomic E-state index is 0.254. The topological polar surface area (TPSA) is 21.3 Å². The molecule has 0 saturated heterocycles. The first-order valence-electron chi connectivity index (χ1n) is 6.38. The molecule has 0 amide bonds. The van der Waals surface area contributed by atoms with Crippen LogP contribution in [0.15, 0.2) is 35.7 Å². The molecule has 1 aromatic heterocycles. The summed E-state index contributed by atoms with van der Waals surface area (Å²) in [6.07, 6.45) is 0. The maximum Gasteiger partial charge on any atom is 0.122 e. The number of halogens is 1. The average Bonchev–Trinajstić information content (AvgIpc) is 2.89. The molecule has 0 bridgehead atoms. The molecule has 2 nitrogen and oxygen atoms in total. The largest absolute Gasteiger partial charge is 0.488 e. The lowest BCUT2D eigenvalue weighted by atomic mass is 10.1.